The third kappa shape index (κ3) is 1.54. The summed E-state index contributed by atoms with van der Waals surface area (Å²) >= 11 is 0. The van der Waals surface area contributed by atoms with Crippen molar-refractivity contribution < 1.29 is 9.53 Å². The van der Waals surface area contributed by atoms with Crippen LogP contribution in [-0.2, 0) is 4.74 Å². The van der Waals surface area contributed by atoms with E-state index in [1.165, 1.54) is 7.11 Å². The predicted molar refractivity (Wildman–Crippen MR) is 47.0 cm³/mol. The second kappa shape index (κ2) is 2.96. The average Bonchev–Trinajstić information content (AvgIpc) is 1.80. The summed E-state index contributed by atoms with van der Waals surface area (Å²) in [6.07, 6.45) is 0.902. The summed E-state index contributed by atoms with van der Waals surface area (Å²) in [5, 5.41) is 0. The van der Waals surface area contributed by atoms with Gasteiger partial charge in [-0.25, -0.2) is 4.79 Å². The number of methoxy groups -OCH3 is 1. The van der Waals surface area contributed by atoms with Crippen LogP contribution in [0.4, 0.5) is 4.79 Å². The largest absolute Gasteiger partial charge is 0.453 e. The lowest BCUT2D eigenvalue weighted by Gasteiger charge is -2.47. The molecule has 70 valence electrons. The first kappa shape index (κ1) is 9.36. The summed E-state index contributed by atoms with van der Waals surface area (Å²) in [5.41, 5.74) is 0.173. The van der Waals surface area contributed by atoms with Gasteiger partial charge in [-0.3, -0.25) is 0 Å². The van der Waals surface area contributed by atoms with Gasteiger partial charge in [0.25, 0.3) is 0 Å². The van der Waals surface area contributed by atoms with E-state index in [2.05, 4.69) is 25.5 Å². The highest BCUT2D eigenvalue weighted by Crippen LogP contribution is 2.33. The molecule has 1 aliphatic heterocycles. The van der Waals surface area contributed by atoms with Crippen LogP contribution < -0.4 is 0 Å². The van der Waals surface area contributed by atoms with Gasteiger partial charge in [0.05, 0.1) is 7.11 Å². The van der Waals surface area contributed by atoms with Crippen molar-refractivity contribution in [1.82, 2.24) is 4.90 Å². The van der Waals surface area contributed by atoms with E-state index in [-0.39, 0.29) is 11.5 Å². The van der Waals surface area contributed by atoms with Crippen molar-refractivity contribution in [1.29, 1.82) is 0 Å². The minimum absolute atomic E-state index is 0.173. The Morgan fingerprint density at radius 2 is 2.08 bits per heavy atom. The Morgan fingerprint density at radius 3 is 2.33 bits per heavy atom. The van der Waals surface area contributed by atoms with E-state index in [0.29, 0.717) is 6.04 Å². The van der Waals surface area contributed by atoms with Crippen molar-refractivity contribution in [2.75, 3.05) is 13.7 Å². The molecule has 1 fully saturated rings. The molecule has 0 saturated carbocycles. The van der Waals surface area contributed by atoms with Crippen LogP contribution in [0.3, 0.4) is 0 Å². The second-order valence-corrected chi connectivity index (χ2v) is 4.33. The van der Waals surface area contributed by atoms with Crippen molar-refractivity contribution in [3.05, 3.63) is 0 Å². The quantitative estimate of drug-likeness (QED) is 0.557. The Bertz CT molecular complexity index is 183. The maximum Gasteiger partial charge on any atom is 0.409 e. The minimum atomic E-state index is -0.193. The molecule has 12 heavy (non-hydrogen) atoms. The Morgan fingerprint density at radius 1 is 1.50 bits per heavy atom. The van der Waals surface area contributed by atoms with Crippen LogP contribution in [0.25, 0.3) is 0 Å². The molecule has 0 aromatic heterocycles. The van der Waals surface area contributed by atoms with E-state index in [1.54, 1.807) is 4.90 Å². The fourth-order valence-electron chi connectivity index (χ4n) is 1.62. The van der Waals surface area contributed by atoms with Gasteiger partial charge in [-0.15, -0.1) is 0 Å². The van der Waals surface area contributed by atoms with Crippen molar-refractivity contribution >= 4 is 6.09 Å². The van der Waals surface area contributed by atoms with Gasteiger partial charge >= 0.3 is 6.09 Å². The molecule has 0 N–H and O–H groups in total. The van der Waals surface area contributed by atoms with E-state index in [1.807, 2.05) is 0 Å². The zero-order chi connectivity index (χ0) is 9.35. The lowest BCUT2D eigenvalue weighted by molar-refractivity contribution is 0.0119. The number of rotatable bonds is 0. The molecule has 0 bridgehead atoms. The summed E-state index contributed by atoms with van der Waals surface area (Å²) in [6.45, 7) is 7.28. The smallest absolute Gasteiger partial charge is 0.409 e. The van der Waals surface area contributed by atoms with Gasteiger partial charge in [-0.05, 0) is 11.8 Å². The summed E-state index contributed by atoms with van der Waals surface area (Å²) < 4.78 is 4.67. The van der Waals surface area contributed by atoms with Gasteiger partial charge in [0.1, 0.15) is 0 Å². The third-order valence-electron chi connectivity index (χ3n) is 2.43. The molecule has 3 heteroatoms. The van der Waals surface area contributed by atoms with Gasteiger partial charge in [-0.2, -0.15) is 0 Å². The Hall–Kier alpha value is -0.730. The van der Waals surface area contributed by atoms with Crippen molar-refractivity contribution in [2.24, 2.45) is 5.41 Å². The lowest BCUT2D eigenvalue weighted by Crippen LogP contribution is -2.56. The number of carbonyl (C=O) groups excluding carboxylic acids is 1. The van der Waals surface area contributed by atoms with Crippen LogP contribution in [0.5, 0.6) is 0 Å². The van der Waals surface area contributed by atoms with Crippen molar-refractivity contribution in [3.8, 4) is 0 Å². The van der Waals surface area contributed by atoms with Crippen LogP contribution in [0, 0.1) is 5.41 Å². The SMILES string of the molecule is COC(=O)N1CCC1C(C)(C)C. The average molecular weight is 171 g/mol. The Labute approximate surface area is 73.7 Å². The van der Waals surface area contributed by atoms with E-state index in [0.717, 1.165) is 13.0 Å². The molecule has 1 saturated heterocycles. The third-order valence-corrected chi connectivity index (χ3v) is 2.43. The molecule has 0 aliphatic carbocycles. The molecular formula is C9H17NO2. The molecule has 1 amide bonds. The maximum atomic E-state index is 11.2. The first-order chi connectivity index (χ1) is 5.46. The van der Waals surface area contributed by atoms with E-state index in [9.17, 15) is 4.79 Å². The molecule has 0 aromatic carbocycles. The first-order valence-corrected chi connectivity index (χ1v) is 4.31. The molecule has 1 atom stereocenters. The lowest BCUT2D eigenvalue weighted by atomic mass is 9.79. The zero-order valence-corrected chi connectivity index (χ0v) is 8.26. The molecule has 0 spiro atoms. The highest BCUT2D eigenvalue weighted by Gasteiger charge is 2.40. The Kier molecular flexibility index (Phi) is 2.31. The molecule has 3 nitrogen and oxygen atoms in total. The van der Waals surface area contributed by atoms with E-state index < -0.39 is 0 Å². The van der Waals surface area contributed by atoms with Gasteiger partial charge in [0.15, 0.2) is 0 Å². The topological polar surface area (TPSA) is 29.5 Å². The van der Waals surface area contributed by atoms with Crippen LogP contribution in [-0.4, -0.2) is 30.7 Å². The number of nitrogens with zero attached hydrogens (tertiary/aromatic N) is 1. The fraction of sp³-hybridized carbons (Fsp3) is 0.889. The number of amides is 1. The summed E-state index contributed by atoms with van der Waals surface area (Å²) in [4.78, 5) is 12.9. The van der Waals surface area contributed by atoms with Gasteiger partial charge in [0, 0.05) is 12.6 Å². The first-order valence-electron chi connectivity index (χ1n) is 4.31. The fourth-order valence-corrected chi connectivity index (χ4v) is 1.62. The maximum absolute atomic E-state index is 11.2. The van der Waals surface area contributed by atoms with E-state index in [4.69, 9.17) is 0 Å². The number of likely N-dealkylation sites (tertiary alicyclic amines) is 1. The van der Waals surface area contributed by atoms with Crippen molar-refractivity contribution in [2.45, 2.75) is 33.2 Å². The Balaban J connectivity index is 2.55. The van der Waals surface area contributed by atoms with Crippen LogP contribution in [0.15, 0.2) is 0 Å². The molecule has 1 heterocycles. The molecular weight excluding hydrogens is 154 g/mol. The number of ether oxygens (including phenoxy) is 1. The number of carbonyl (C=O) groups is 1. The van der Waals surface area contributed by atoms with Crippen LogP contribution in [0.2, 0.25) is 0 Å². The molecule has 0 radical (unpaired) electrons. The zero-order valence-electron chi connectivity index (χ0n) is 8.26. The second-order valence-electron chi connectivity index (χ2n) is 4.33. The van der Waals surface area contributed by atoms with Gasteiger partial charge in [-0.1, -0.05) is 20.8 Å². The van der Waals surface area contributed by atoms with Crippen LogP contribution >= 0.6 is 0 Å². The summed E-state index contributed by atoms with van der Waals surface area (Å²) in [5.74, 6) is 0. The minimum Gasteiger partial charge on any atom is -0.453 e. The molecule has 1 rings (SSSR count). The molecule has 1 aliphatic rings. The molecule has 1 unspecified atom stereocenters. The van der Waals surface area contributed by atoms with E-state index >= 15 is 0 Å². The standard InChI is InChI=1S/C9H17NO2/c1-9(2,3)7-5-6-10(7)8(11)12-4/h7H,5-6H2,1-4H3. The van der Waals surface area contributed by atoms with Crippen LogP contribution in [0.1, 0.15) is 27.2 Å². The van der Waals surface area contributed by atoms with Crippen molar-refractivity contribution in [3.63, 3.8) is 0 Å². The van der Waals surface area contributed by atoms with Gasteiger partial charge < -0.3 is 9.64 Å². The normalized spacial score (nSPS) is 23.3. The predicted octanol–water partition coefficient (Wildman–Crippen LogP) is 1.87. The summed E-state index contributed by atoms with van der Waals surface area (Å²) in [7, 11) is 1.43. The number of hydrogen-bond donors (Lipinski definition) is 0. The van der Waals surface area contributed by atoms with Gasteiger partial charge in [0.2, 0.25) is 0 Å². The monoisotopic (exact) mass is 171 g/mol. The summed E-state index contributed by atoms with van der Waals surface area (Å²) in [6, 6.07) is 0.352. The highest BCUT2D eigenvalue weighted by atomic mass is 16.5. The molecule has 0 aromatic rings. The number of hydrogen-bond acceptors (Lipinski definition) is 2. The highest BCUT2D eigenvalue weighted by molar-refractivity contribution is 5.69.